The summed E-state index contributed by atoms with van der Waals surface area (Å²) in [5, 5.41) is 5.12. The van der Waals surface area contributed by atoms with E-state index >= 15 is 0 Å². The molecule has 0 bridgehead atoms. The Morgan fingerprint density at radius 3 is 1.94 bits per heavy atom. The lowest BCUT2D eigenvalue weighted by molar-refractivity contribution is 1.18. The maximum Gasteiger partial charge on any atom is 0.137 e. The third kappa shape index (κ3) is 4.77. The Morgan fingerprint density at radius 2 is 1.09 bits per heavy atom. The van der Waals surface area contributed by atoms with Gasteiger partial charge in [0, 0.05) is 54.0 Å². The minimum absolute atomic E-state index is 0.943. The molecule has 7 aromatic carbocycles. The molecule has 248 valence electrons. The van der Waals surface area contributed by atoms with Crippen molar-refractivity contribution in [3.63, 3.8) is 0 Å². The molecule has 0 amide bonds. The molecule has 4 heterocycles. The molecule has 0 aliphatic rings. The summed E-state index contributed by atoms with van der Waals surface area (Å²) in [4.78, 5) is 5.08. The SMILES string of the molecule is c1ccc(-c2c(-c3ccc(-c4cccc5c4sc4ccc(-c6ccc7c(c6)c6ccccc6n7-c6ccccc6)cc45)cc3)nc3ccccn23)cc1. The second-order valence-electron chi connectivity index (χ2n) is 13.6. The van der Waals surface area contributed by atoms with E-state index in [2.05, 4.69) is 191 Å². The van der Waals surface area contributed by atoms with Crippen LogP contribution in [-0.4, -0.2) is 14.0 Å². The van der Waals surface area contributed by atoms with E-state index in [1.54, 1.807) is 0 Å². The largest absolute Gasteiger partial charge is 0.309 e. The molecule has 0 aliphatic carbocycles. The van der Waals surface area contributed by atoms with Crippen molar-refractivity contribution in [1.29, 1.82) is 0 Å². The van der Waals surface area contributed by atoms with E-state index in [0.29, 0.717) is 0 Å². The van der Waals surface area contributed by atoms with E-state index in [-0.39, 0.29) is 0 Å². The maximum absolute atomic E-state index is 5.08. The summed E-state index contributed by atoms with van der Waals surface area (Å²) in [6.07, 6.45) is 2.10. The average molecular weight is 694 g/mol. The molecule has 11 aromatic rings. The molecule has 0 saturated carbocycles. The molecule has 0 radical (unpaired) electrons. The normalized spacial score (nSPS) is 11.8. The van der Waals surface area contributed by atoms with Crippen molar-refractivity contribution >= 4 is 59.0 Å². The number of imidazole rings is 1. The van der Waals surface area contributed by atoms with Crippen LogP contribution >= 0.6 is 11.3 Å². The summed E-state index contributed by atoms with van der Waals surface area (Å²) in [5.41, 5.74) is 13.8. The molecule has 4 aromatic heterocycles. The van der Waals surface area contributed by atoms with Crippen LogP contribution in [0.1, 0.15) is 0 Å². The molecular formula is C49H31N3S. The number of hydrogen-bond acceptors (Lipinski definition) is 2. The van der Waals surface area contributed by atoms with Gasteiger partial charge in [0.15, 0.2) is 0 Å². The van der Waals surface area contributed by atoms with Crippen molar-refractivity contribution in [2.45, 2.75) is 0 Å². The highest BCUT2D eigenvalue weighted by molar-refractivity contribution is 7.26. The van der Waals surface area contributed by atoms with Crippen molar-refractivity contribution in [2.24, 2.45) is 0 Å². The van der Waals surface area contributed by atoms with E-state index in [1.165, 1.54) is 69.9 Å². The van der Waals surface area contributed by atoms with Crippen molar-refractivity contribution in [3.8, 4) is 50.5 Å². The van der Waals surface area contributed by atoms with Gasteiger partial charge in [0.1, 0.15) is 5.65 Å². The fourth-order valence-corrected chi connectivity index (χ4v) is 9.31. The highest BCUT2D eigenvalue weighted by atomic mass is 32.1. The summed E-state index contributed by atoms with van der Waals surface area (Å²) in [6.45, 7) is 0. The standard InChI is InChI=1S/C49H31N3S/c1-3-12-34(13-4-1)48-47(50-46-20-9-10-29-51(46)48)33-23-21-32(22-24-33)38-17-11-18-40-42-31-36(26-28-45(42)53-49(38)40)35-25-27-44-41(30-35)39-16-7-8-19-43(39)52(44)37-14-5-2-6-15-37/h1-31H. The summed E-state index contributed by atoms with van der Waals surface area (Å²) in [6, 6.07) is 65.7. The van der Waals surface area contributed by atoms with Gasteiger partial charge < -0.3 is 4.57 Å². The van der Waals surface area contributed by atoms with Gasteiger partial charge in [-0.2, -0.15) is 0 Å². The van der Waals surface area contributed by atoms with Gasteiger partial charge in [0.05, 0.1) is 22.4 Å². The van der Waals surface area contributed by atoms with Crippen LogP contribution < -0.4 is 0 Å². The number of pyridine rings is 1. The van der Waals surface area contributed by atoms with Gasteiger partial charge in [-0.25, -0.2) is 4.98 Å². The van der Waals surface area contributed by atoms with Crippen LogP contribution in [0.15, 0.2) is 188 Å². The summed E-state index contributed by atoms with van der Waals surface area (Å²) in [7, 11) is 0. The Hall–Kier alpha value is -6.75. The summed E-state index contributed by atoms with van der Waals surface area (Å²) < 4.78 is 7.17. The lowest BCUT2D eigenvalue weighted by atomic mass is 9.98. The van der Waals surface area contributed by atoms with Crippen LogP contribution in [0.4, 0.5) is 0 Å². The number of thiophene rings is 1. The van der Waals surface area contributed by atoms with Gasteiger partial charge in [-0.1, -0.05) is 127 Å². The summed E-state index contributed by atoms with van der Waals surface area (Å²) >= 11 is 1.88. The van der Waals surface area contributed by atoms with Gasteiger partial charge in [0.2, 0.25) is 0 Å². The first kappa shape index (κ1) is 29.9. The zero-order chi connectivity index (χ0) is 34.9. The van der Waals surface area contributed by atoms with Crippen molar-refractivity contribution in [2.75, 3.05) is 0 Å². The Balaban J connectivity index is 0.993. The second kappa shape index (κ2) is 11.9. The van der Waals surface area contributed by atoms with E-state index in [1.807, 2.05) is 17.4 Å². The quantitative estimate of drug-likeness (QED) is 0.176. The molecule has 53 heavy (non-hydrogen) atoms. The third-order valence-corrected chi connectivity index (χ3v) is 11.8. The first-order valence-electron chi connectivity index (χ1n) is 18.0. The molecule has 0 aliphatic heterocycles. The number of hydrogen-bond donors (Lipinski definition) is 0. The number of fused-ring (bicyclic) bond motifs is 7. The second-order valence-corrected chi connectivity index (χ2v) is 14.6. The van der Waals surface area contributed by atoms with Gasteiger partial charge in [-0.3, -0.25) is 4.40 Å². The molecule has 0 spiro atoms. The van der Waals surface area contributed by atoms with E-state index in [0.717, 1.165) is 28.2 Å². The molecule has 0 unspecified atom stereocenters. The molecule has 11 rings (SSSR count). The zero-order valence-corrected chi connectivity index (χ0v) is 29.5. The topological polar surface area (TPSA) is 22.2 Å². The van der Waals surface area contributed by atoms with Crippen molar-refractivity contribution < 1.29 is 0 Å². The van der Waals surface area contributed by atoms with Gasteiger partial charge in [-0.15, -0.1) is 11.3 Å². The predicted molar refractivity (Wildman–Crippen MR) is 224 cm³/mol. The molecule has 0 fully saturated rings. The highest BCUT2D eigenvalue weighted by Crippen LogP contribution is 2.43. The fraction of sp³-hybridized carbons (Fsp3) is 0. The monoisotopic (exact) mass is 693 g/mol. The minimum atomic E-state index is 0.943. The maximum atomic E-state index is 5.08. The Morgan fingerprint density at radius 1 is 0.434 bits per heavy atom. The molecule has 0 saturated heterocycles. The lowest BCUT2D eigenvalue weighted by Gasteiger charge is -2.08. The number of para-hydroxylation sites is 2. The predicted octanol–water partition coefficient (Wildman–Crippen LogP) is 13.5. The number of benzene rings is 7. The highest BCUT2D eigenvalue weighted by Gasteiger charge is 2.18. The van der Waals surface area contributed by atoms with E-state index in [9.17, 15) is 0 Å². The number of nitrogens with zero attached hydrogens (tertiary/aromatic N) is 3. The van der Waals surface area contributed by atoms with Crippen molar-refractivity contribution in [1.82, 2.24) is 14.0 Å². The summed E-state index contributed by atoms with van der Waals surface area (Å²) in [5.74, 6) is 0. The Kier molecular flexibility index (Phi) is 6.73. The molecule has 3 nitrogen and oxygen atoms in total. The Bertz CT molecular complexity index is 3150. The van der Waals surface area contributed by atoms with Gasteiger partial charge in [-0.05, 0) is 76.9 Å². The minimum Gasteiger partial charge on any atom is -0.309 e. The van der Waals surface area contributed by atoms with E-state index < -0.39 is 0 Å². The first-order valence-corrected chi connectivity index (χ1v) is 18.8. The smallest absolute Gasteiger partial charge is 0.137 e. The van der Waals surface area contributed by atoms with Gasteiger partial charge in [0.25, 0.3) is 0 Å². The average Bonchev–Trinajstić information content (AvgIpc) is 3.91. The zero-order valence-electron chi connectivity index (χ0n) is 28.6. The Labute approximate surface area is 310 Å². The van der Waals surface area contributed by atoms with Gasteiger partial charge >= 0.3 is 0 Å². The van der Waals surface area contributed by atoms with Crippen LogP contribution in [0.25, 0.3) is 98.1 Å². The van der Waals surface area contributed by atoms with E-state index in [4.69, 9.17) is 4.98 Å². The molecular weight excluding hydrogens is 663 g/mol. The molecule has 0 N–H and O–H groups in total. The number of aromatic nitrogens is 3. The lowest BCUT2D eigenvalue weighted by Crippen LogP contribution is -1.92. The molecule has 0 atom stereocenters. The van der Waals surface area contributed by atoms with Crippen LogP contribution in [0.3, 0.4) is 0 Å². The van der Waals surface area contributed by atoms with Crippen LogP contribution in [0.5, 0.6) is 0 Å². The van der Waals surface area contributed by atoms with Crippen molar-refractivity contribution in [3.05, 3.63) is 188 Å². The first-order chi connectivity index (χ1) is 26.3. The molecule has 4 heteroatoms. The van der Waals surface area contributed by atoms with Crippen LogP contribution in [0.2, 0.25) is 0 Å². The number of rotatable bonds is 5. The van der Waals surface area contributed by atoms with Crippen LogP contribution in [0, 0.1) is 0 Å². The third-order valence-electron chi connectivity index (χ3n) is 10.6. The van der Waals surface area contributed by atoms with Crippen LogP contribution in [-0.2, 0) is 0 Å². The fourth-order valence-electron chi connectivity index (χ4n) is 8.09.